The van der Waals surface area contributed by atoms with E-state index >= 15 is 0 Å². The summed E-state index contributed by atoms with van der Waals surface area (Å²) in [5, 5.41) is 6.57. The van der Waals surface area contributed by atoms with Gasteiger partial charge in [0.05, 0.1) is 14.2 Å². The molecule has 0 bridgehead atoms. The van der Waals surface area contributed by atoms with Crippen LogP contribution < -0.4 is 10.6 Å². The van der Waals surface area contributed by atoms with Crippen molar-refractivity contribution in [3.05, 3.63) is 0 Å². The van der Waals surface area contributed by atoms with Crippen molar-refractivity contribution < 1.29 is 19.1 Å². The number of rotatable bonds is 14. The molecule has 6 heteroatoms. The molecule has 0 aromatic rings. The van der Waals surface area contributed by atoms with Crippen LogP contribution in [0.25, 0.3) is 0 Å². The normalized spacial score (nSPS) is 13.8. The van der Waals surface area contributed by atoms with E-state index < -0.39 is 0 Å². The predicted molar refractivity (Wildman–Crippen MR) is 100 cm³/mol. The fraction of sp³-hybridized carbons (Fsp3) is 0.895. The van der Waals surface area contributed by atoms with Crippen LogP contribution in [-0.4, -0.2) is 51.3 Å². The third-order valence-corrected chi connectivity index (χ3v) is 4.02. The number of carbonyl (C=O) groups is 2. The zero-order valence-corrected chi connectivity index (χ0v) is 16.9. The van der Waals surface area contributed by atoms with Crippen molar-refractivity contribution in [3.63, 3.8) is 0 Å². The molecule has 148 valence electrons. The van der Waals surface area contributed by atoms with E-state index in [0.717, 1.165) is 45.2 Å². The van der Waals surface area contributed by atoms with Crippen molar-refractivity contribution in [2.45, 2.75) is 71.9 Å². The Balaban J connectivity index is 3.96. The number of nitrogens with one attached hydrogen (secondary N) is 2. The van der Waals surface area contributed by atoms with Crippen molar-refractivity contribution in [2.75, 3.05) is 27.3 Å². The molecule has 0 spiro atoms. The second kappa shape index (κ2) is 14.1. The lowest BCUT2D eigenvalue weighted by atomic mass is 10.0. The zero-order chi connectivity index (χ0) is 19.2. The van der Waals surface area contributed by atoms with Crippen molar-refractivity contribution in [1.29, 1.82) is 0 Å². The van der Waals surface area contributed by atoms with Gasteiger partial charge in [0, 0.05) is 0 Å². The first-order chi connectivity index (χ1) is 11.8. The lowest BCUT2D eigenvalue weighted by molar-refractivity contribution is -0.144. The van der Waals surface area contributed by atoms with E-state index in [1.807, 2.05) is 0 Å². The van der Waals surface area contributed by atoms with E-state index in [2.05, 4.69) is 38.3 Å². The summed E-state index contributed by atoms with van der Waals surface area (Å²) in [7, 11) is 2.86. The van der Waals surface area contributed by atoms with Gasteiger partial charge in [-0.05, 0) is 50.6 Å². The van der Waals surface area contributed by atoms with Crippen LogP contribution in [0.4, 0.5) is 0 Å². The average Bonchev–Trinajstić information content (AvgIpc) is 2.56. The van der Waals surface area contributed by atoms with Crippen molar-refractivity contribution in [3.8, 4) is 0 Å². The van der Waals surface area contributed by atoms with E-state index in [4.69, 9.17) is 9.47 Å². The topological polar surface area (TPSA) is 76.7 Å². The molecule has 0 aliphatic rings. The van der Waals surface area contributed by atoms with Gasteiger partial charge in [-0.15, -0.1) is 0 Å². The monoisotopic (exact) mass is 358 g/mol. The standard InChI is InChI=1S/C19H38N2O4/c1-14(2)12-16(18(22)24-5)20-10-8-7-9-11-21-17(13-15(3)4)19(23)25-6/h14-17,20-21H,7-13H2,1-6H3. The number of carbonyl (C=O) groups excluding carboxylic acids is 2. The number of esters is 2. The van der Waals surface area contributed by atoms with Crippen molar-refractivity contribution in [2.24, 2.45) is 11.8 Å². The molecule has 0 saturated heterocycles. The van der Waals surface area contributed by atoms with Gasteiger partial charge in [0.25, 0.3) is 0 Å². The van der Waals surface area contributed by atoms with Gasteiger partial charge < -0.3 is 20.1 Å². The first kappa shape index (κ1) is 23.9. The van der Waals surface area contributed by atoms with Crippen LogP contribution >= 0.6 is 0 Å². The third kappa shape index (κ3) is 11.9. The Bertz CT molecular complexity index is 338. The highest BCUT2D eigenvalue weighted by molar-refractivity contribution is 5.75. The van der Waals surface area contributed by atoms with Gasteiger partial charge in [0.2, 0.25) is 0 Å². The molecule has 2 N–H and O–H groups in total. The van der Waals surface area contributed by atoms with Crippen LogP contribution in [0.15, 0.2) is 0 Å². The van der Waals surface area contributed by atoms with Gasteiger partial charge in [0.1, 0.15) is 12.1 Å². The van der Waals surface area contributed by atoms with E-state index in [9.17, 15) is 9.59 Å². The Morgan fingerprint density at radius 3 is 1.36 bits per heavy atom. The van der Waals surface area contributed by atoms with E-state index in [0.29, 0.717) is 11.8 Å². The summed E-state index contributed by atoms with van der Waals surface area (Å²) in [6, 6.07) is -0.448. The molecular formula is C19H38N2O4. The maximum Gasteiger partial charge on any atom is 0.322 e. The van der Waals surface area contributed by atoms with Crippen LogP contribution in [0.1, 0.15) is 59.8 Å². The summed E-state index contributed by atoms with van der Waals surface area (Å²) in [4.78, 5) is 23.5. The van der Waals surface area contributed by atoms with E-state index in [1.54, 1.807) is 0 Å². The van der Waals surface area contributed by atoms with Gasteiger partial charge in [-0.3, -0.25) is 9.59 Å². The second-order valence-electron chi connectivity index (χ2n) is 7.38. The Kier molecular flexibility index (Phi) is 13.4. The molecule has 2 atom stereocenters. The third-order valence-electron chi connectivity index (χ3n) is 4.02. The molecule has 0 saturated carbocycles. The van der Waals surface area contributed by atoms with Gasteiger partial charge >= 0.3 is 11.9 Å². The SMILES string of the molecule is COC(=O)C(CC(C)C)NCCCCCNC(CC(C)C)C(=O)OC. The van der Waals surface area contributed by atoms with Crippen LogP contribution in [0.5, 0.6) is 0 Å². The van der Waals surface area contributed by atoms with Gasteiger partial charge in [-0.2, -0.15) is 0 Å². The quantitative estimate of drug-likeness (QED) is 0.367. The first-order valence-electron chi connectivity index (χ1n) is 9.44. The lowest BCUT2D eigenvalue weighted by Gasteiger charge is -2.19. The van der Waals surface area contributed by atoms with Crippen LogP contribution in [-0.2, 0) is 19.1 Å². The maximum absolute atomic E-state index is 11.7. The molecule has 0 aliphatic carbocycles. The molecule has 0 fully saturated rings. The van der Waals surface area contributed by atoms with Crippen molar-refractivity contribution >= 4 is 11.9 Å². The molecule has 0 rings (SSSR count). The molecule has 25 heavy (non-hydrogen) atoms. The number of hydrogen-bond acceptors (Lipinski definition) is 6. The van der Waals surface area contributed by atoms with Gasteiger partial charge in [0.15, 0.2) is 0 Å². The maximum atomic E-state index is 11.7. The Morgan fingerprint density at radius 1 is 0.720 bits per heavy atom. The molecule has 0 aliphatic heterocycles. The fourth-order valence-electron chi connectivity index (χ4n) is 2.73. The smallest absolute Gasteiger partial charge is 0.322 e. The number of ether oxygens (including phenoxy) is 2. The molecule has 0 aromatic heterocycles. The molecule has 2 unspecified atom stereocenters. The minimum Gasteiger partial charge on any atom is -0.468 e. The number of methoxy groups -OCH3 is 2. The second-order valence-corrected chi connectivity index (χ2v) is 7.38. The Morgan fingerprint density at radius 2 is 1.08 bits per heavy atom. The van der Waals surface area contributed by atoms with Crippen molar-refractivity contribution in [1.82, 2.24) is 10.6 Å². The zero-order valence-electron chi connectivity index (χ0n) is 16.9. The Hall–Kier alpha value is -1.14. The first-order valence-corrected chi connectivity index (χ1v) is 9.44. The predicted octanol–water partition coefficient (Wildman–Crippen LogP) is 2.51. The van der Waals surface area contributed by atoms with Crippen LogP contribution in [0.2, 0.25) is 0 Å². The summed E-state index contributed by atoms with van der Waals surface area (Å²) in [5.41, 5.74) is 0. The molecular weight excluding hydrogens is 320 g/mol. The molecule has 0 heterocycles. The highest BCUT2D eigenvalue weighted by Crippen LogP contribution is 2.08. The minimum absolute atomic E-state index is 0.190. The highest BCUT2D eigenvalue weighted by atomic mass is 16.5. The molecule has 0 aromatic carbocycles. The molecule has 6 nitrogen and oxygen atoms in total. The van der Waals surface area contributed by atoms with E-state index in [-0.39, 0.29) is 24.0 Å². The number of unbranched alkanes of at least 4 members (excludes halogenated alkanes) is 2. The summed E-state index contributed by atoms with van der Waals surface area (Å²) in [6.45, 7) is 9.96. The average molecular weight is 359 g/mol. The minimum atomic E-state index is -0.224. The Labute approximate surface area is 153 Å². The summed E-state index contributed by atoms with van der Waals surface area (Å²) in [5.74, 6) is 0.504. The van der Waals surface area contributed by atoms with Crippen LogP contribution in [0.3, 0.4) is 0 Å². The largest absolute Gasteiger partial charge is 0.468 e. The summed E-state index contributed by atoms with van der Waals surface area (Å²) in [6.07, 6.45) is 4.57. The summed E-state index contributed by atoms with van der Waals surface area (Å²) >= 11 is 0. The number of hydrogen-bond donors (Lipinski definition) is 2. The van der Waals surface area contributed by atoms with Gasteiger partial charge in [-0.25, -0.2) is 0 Å². The fourth-order valence-corrected chi connectivity index (χ4v) is 2.73. The highest BCUT2D eigenvalue weighted by Gasteiger charge is 2.20. The van der Waals surface area contributed by atoms with Gasteiger partial charge in [-0.1, -0.05) is 34.1 Å². The molecule has 0 amide bonds. The molecule has 0 radical (unpaired) electrons. The lowest BCUT2D eigenvalue weighted by Crippen LogP contribution is -2.39. The van der Waals surface area contributed by atoms with E-state index in [1.165, 1.54) is 14.2 Å². The summed E-state index contributed by atoms with van der Waals surface area (Å²) < 4.78 is 9.69. The van der Waals surface area contributed by atoms with Crippen LogP contribution in [0, 0.1) is 11.8 Å².